The first-order valence-electron chi connectivity index (χ1n) is 10.2. The second-order valence-corrected chi connectivity index (χ2v) is 9.13. The number of hydrogen-bond donors (Lipinski definition) is 1. The summed E-state index contributed by atoms with van der Waals surface area (Å²) in [5.41, 5.74) is 3.66. The molecule has 0 radical (unpaired) electrons. The van der Waals surface area contributed by atoms with E-state index < -0.39 is 10.0 Å². The zero-order chi connectivity index (χ0) is 21.0. The molecule has 2 aromatic carbocycles. The Kier molecular flexibility index (Phi) is 6.77. The maximum Gasteiger partial charge on any atom is 0.268 e. The molecule has 0 saturated heterocycles. The SMILES string of the molecule is CCN(CC)CCNCc1ccc2c(c1)c(C)c(C)n2S(=O)(=O)c1ccccc1. The molecule has 0 fully saturated rings. The van der Waals surface area contributed by atoms with Crippen LogP contribution in [-0.2, 0) is 16.6 Å². The number of aryl methyl sites for hydroxylation is 1. The van der Waals surface area contributed by atoms with E-state index in [2.05, 4.69) is 30.1 Å². The van der Waals surface area contributed by atoms with Gasteiger partial charge in [-0.2, -0.15) is 0 Å². The lowest BCUT2D eigenvalue weighted by Gasteiger charge is -2.18. The van der Waals surface area contributed by atoms with Gasteiger partial charge in [0.2, 0.25) is 0 Å². The summed E-state index contributed by atoms with van der Waals surface area (Å²) in [6, 6.07) is 14.7. The van der Waals surface area contributed by atoms with Gasteiger partial charge < -0.3 is 10.2 Å². The summed E-state index contributed by atoms with van der Waals surface area (Å²) in [6.07, 6.45) is 0. The van der Waals surface area contributed by atoms with Crippen LogP contribution in [0.3, 0.4) is 0 Å². The highest BCUT2D eigenvalue weighted by Gasteiger charge is 2.23. The van der Waals surface area contributed by atoms with Gasteiger partial charge in [-0.15, -0.1) is 0 Å². The molecule has 3 aromatic rings. The fourth-order valence-electron chi connectivity index (χ4n) is 3.72. The molecule has 0 unspecified atom stereocenters. The summed E-state index contributed by atoms with van der Waals surface area (Å²) in [5, 5.41) is 4.49. The first-order valence-corrected chi connectivity index (χ1v) is 11.7. The Hall–Kier alpha value is -2.15. The van der Waals surface area contributed by atoms with Crippen molar-refractivity contribution in [3.63, 3.8) is 0 Å². The Labute approximate surface area is 174 Å². The van der Waals surface area contributed by atoms with E-state index in [4.69, 9.17) is 0 Å². The normalized spacial score (nSPS) is 12.2. The zero-order valence-electron chi connectivity index (χ0n) is 17.8. The summed E-state index contributed by atoms with van der Waals surface area (Å²) < 4.78 is 28.0. The van der Waals surface area contributed by atoms with Crippen molar-refractivity contribution in [1.29, 1.82) is 0 Å². The minimum absolute atomic E-state index is 0.308. The van der Waals surface area contributed by atoms with Crippen LogP contribution < -0.4 is 5.32 Å². The number of benzene rings is 2. The summed E-state index contributed by atoms with van der Waals surface area (Å²) in [6.45, 7) is 13.1. The standard InChI is InChI=1S/C23H31N3O2S/c1-5-25(6-2)15-14-24-17-20-12-13-23-22(16-20)18(3)19(4)26(23)29(27,28)21-10-8-7-9-11-21/h7-13,16,24H,5-6,14-15,17H2,1-4H3. The van der Waals surface area contributed by atoms with Crippen LogP contribution in [0.2, 0.25) is 0 Å². The van der Waals surface area contributed by atoms with Crippen LogP contribution in [0.15, 0.2) is 53.4 Å². The van der Waals surface area contributed by atoms with E-state index in [0.717, 1.165) is 60.4 Å². The minimum Gasteiger partial charge on any atom is -0.311 e. The Morgan fingerprint density at radius 3 is 2.34 bits per heavy atom. The van der Waals surface area contributed by atoms with Gasteiger partial charge in [0.15, 0.2) is 0 Å². The minimum atomic E-state index is -3.63. The van der Waals surface area contributed by atoms with Crippen LogP contribution in [0.1, 0.15) is 30.7 Å². The molecule has 0 spiro atoms. The average molecular weight is 414 g/mol. The van der Waals surface area contributed by atoms with Crippen molar-refractivity contribution in [2.24, 2.45) is 0 Å². The van der Waals surface area contributed by atoms with Gasteiger partial charge in [0, 0.05) is 30.7 Å². The molecule has 29 heavy (non-hydrogen) atoms. The van der Waals surface area contributed by atoms with Gasteiger partial charge in [-0.25, -0.2) is 12.4 Å². The first kappa shape index (κ1) is 21.6. The molecule has 1 heterocycles. The molecule has 1 N–H and O–H groups in total. The maximum atomic E-state index is 13.2. The molecule has 0 atom stereocenters. The summed E-state index contributed by atoms with van der Waals surface area (Å²) >= 11 is 0. The summed E-state index contributed by atoms with van der Waals surface area (Å²) in [7, 11) is -3.63. The number of nitrogens with one attached hydrogen (secondary N) is 1. The number of rotatable bonds is 9. The highest BCUT2D eigenvalue weighted by Crippen LogP contribution is 2.30. The molecule has 0 aliphatic heterocycles. The fraction of sp³-hybridized carbons (Fsp3) is 0.391. The van der Waals surface area contributed by atoms with Gasteiger partial charge >= 0.3 is 0 Å². The Bertz CT molecular complexity index is 1070. The first-order chi connectivity index (χ1) is 13.9. The van der Waals surface area contributed by atoms with Gasteiger partial charge in [0.05, 0.1) is 10.4 Å². The third-order valence-electron chi connectivity index (χ3n) is 5.64. The van der Waals surface area contributed by atoms with E-state index in [0.29, 0.717) is 4.90 Å². The Morgan fingerprint density at radius 2 is 1.69 bits per heavy atom. The topological polar surface area (TPSA) is 54.3 Å². The van der Waals surface area contributed by atoms with Crippen molar-refractivity contribution < 1.29 is 8.42 Å². The molecule has 0 bridgehead atoms. The predicted molar refractivity (Wildman–Crippen MR) is 120 cm³/mol. The van der Waals surface area contributed by atoms with Crippen LogP contribution >= 0.6 is 0 Å². The summed E-state index contributed by atoms with van der Waals surface area (Å²) in [5.74, 6) is 0. The molecule has 6 heteroatoms. The Balaban J connectivity index is 1.87. The molecule has 1 aromatic heterocycles. The number of hydrogen-bond acceptors (Lipinski definition) is 4. The quantitative estimate of drug-likeness (QED) is 0.540. The van der Waals surface area contributed by atoms with Crippen LogP contribution in [0.5, 0.6) is 0 Å². The monoisotopic (exact) mass is 413 g/mol. The van der Waals surface area contributed by atoms with Crippen molar-refractivity contribution in [2.75, 3.05) is 26.2 Å². The molecule has 3 rings (SSSR count). The van der Waals surface area contributed by atoms with Crippen molar-refractivity contribution in [3.8, 4) is 0 Å². The molecule has 0 amide bonds. The zero-order valence-corrected chi connectivity index (χ0v) is 18.6. The van der Waals surface area contributed by atoms with Crippen molar-refractivity contribution in [1.82, 2.24) is 14.2 Å². The highest BCUT2D eigenvalue weighted by atomic mass is 32.2. The highest BCUT2D eigenvalue weighted by molar-refractivity contribution is 7.90. The van der Waals surface area contributed by atoms with Gasteiger partial charge in [-0.05, 0) is 62.3 Å². The van der Waals surface area contributed by atoms with Crippen LogP contribution in [0, 0.1) is 13.8 Å². The van der Waals surface area contributed by atoms with Gasteiger partial charge in [-0.3, -0.25) is 0 Å². The average Bonchev–Trinajstić information content (AvgIpc) is 2.99. The van der Waals surface area contributed by atoms with E-state index in [1.54, 1.807) is 24.3 Å². The van der Waals surface area contributed by atoms with Gasteiger partial charge in [-0.1, -0.05) is 38.1 Å². The second kappa shape index (κ2) is 9.11. The third-order valence-corrected chi connectivity index (χ3v) is 7.46. The largest absolute Gasteiger partial charge is 0.311 e. The molecule has 0 aliphatic rings. The van der Waals surface area contributed by atoms with Gasteiger partial charge in [0.25, 0.3) is 10.0 Å². The van der Waals surface area contributed by atoms with E-state index >= 15 is 0 Å². The second-order valence-electron chi connectivity index (χ2n) is 7.35. The number of nitrogens with zero attached hydrogens (tertiary/aromatic N) is 2. The van der Waals surface area contributed by atoms with Crippen molar-refractivity contribution in [2.45, 2.75) is 39.1 Å². The van der Waals surface area contributed by atoms with Crippen LogP contribution in [-0.4, -0.2) is 43.5 Å². The molecule has 5 nitrogen and oxygen atoms in total. The molecular formula is C23H31N3O2S. The lowest BCUT2D eigenvalue weighted by molar-refractivity contribution is 0.302. The number of fused-ring (bicyclic) bond motifs is 1. The van der Waals surface area contributed by atoms with E-state index in [-0.39, 0.29) is 0 Å². The lowest BCUT2D eigenvalue weighted by Crippen LogP contribution is -2.31. The fourth-order valence-corrected chi connectivity index (χ4v) is 5.34. The predicted octanol–water partition coefficient (Wildman–Crippen LogP) is 3.93. The smallest absolute Gasteiger partial charge is 0.268 e. The van der Waals surface area contributed by atoms with E-state index in [1.807, 2.05) is 32.0 Å². The van der Waals surface area contributed by atoms with Crippen molar-refractivity contribution in [3.05, 3.63) is 65.4 Å². The van der Waals surface area contributed by atoms with Gasteiger partial charge in [0.1, 0.15) is 0 Å². The molecule has 0 aliphatic carbocycles. The van der Waals surface area contributed by atoms with Crippen molar-refractivity contribution >= 4 is 20.9 Å². The van der Waals surface area contributed by atoms with Crippen LogP contribution in [0.25, 0.3) is 10.9 Å². The van der Waals surface area contributed by atoms with E-state index in [9.17, 15) is 8.42 Å². The Morgan fingerprint density at radius 1 is 1.00 bits per heavy atom. The maximum absolute atomic E-state index is 13.2. The summed E-state index contributed by atoms with van der Waals surface area (Å²) in [4.78, 5) is 2.69. The number of likely N-dealkylation sites (N-methyl/N-ethyl adjacent to an activating group) is 1. The molecule has 0 saturated carbocycles. The third kappa shape index (κ3) is 4.39. The molecular weight excluding hydrogens is 382 g/mol. The van der Waals surface area contributed by atoms with E-state index in [1.165, 1.54) is 3.97 Å². The molecule has 156 valence electrons. The number of aromatic nitrogens is 1. The lowest BCUT2D eigenvalue weighted by atomic mass is 10.1. The van der Waals surface area contributed by atoms with Crippen LogP contribution in [0.4, 0.5) is 0 Å².